The van der Waals surface area contributed by atoms with Crippen LogP contribution in [-0.4, -0.2) is 57.5 Å². The van der Waals surface area contributed by atoms with Crippen LogP contribution in [-0.2, 0) is 4.74 Å². The molecule has 0 radical (unpaired) electrons. The van der Waals surface area contributed by atoms with Crippen LogP contribution in [0.2, 0.25) is 0 Å². The van der Waals surface area contributed by atoms with Crippen molar-refractivity contribution in [3.8, 4) is 17.6 Å². The van der Waals surface area contributed by atoms with E-state index in [4.69, 9.17) is 14.5 Å². The predicted molar refractivity (Wildman–Crippen MR) is 133 cm³/mol. The lowest BCUT2D eigenvalue weighted by molar-refractivity contribution is 0.133. The molecule has 8 nitrogen and oxygen atoms in total. The van der Waals surface area contributed by atoms with Crippen LogP contribution in [0.3, 0.4) is 0 Å². The number of fused-ring (bicyclic) bond motifs is 3. The Balaban J connectivity index is 1.20. The van der Waals surface area contributed by atoms with Crippen molar-refractivity contribution in [3.63, 3.8) is 0 Å². The molecule has 0 unspecified atom stereocenters. The smallest absolute Gasteiger partial charge is 0.213 e. The number of halogens is 1. The van der Waals surface area contributed by atoms with Crippen molar-refractivity contribution in [3.05, 3.63) is 47.7 Å². The first-order valence-electron chi connectivity index (χ1n) is 12.7. The zero-order valence-corrected chi connectivity index (χ0v) is 20.0. The first kappa shape index (κ1) is 21.6. The lowest BCUT2D eigenvalue weighted by Crippen LogP contribution is -2.41. The number of hydrogen-bond donors (Lipinski definition) is 1. The van der Waals surface area contributed by atoms with Crippen LogP contribution in [0.1, 0.15) is 43.4 Å². The minimum Gasteiger partial charge on any atom is -0.490 e. The molecular formula is C27H27FN6O2. The fourth-order valence-electron chi connectivity index (χ4n) is 5.31. The van der Waals surface area contributed by atoms with Gasteiger partial charge in [-0.05, 0) is 61.5 Å². The number of H-pyrrole nitrogens is 1. The number of ether oxygens (including phenoxy) is 2. The minimum absolute atomic E-state index is 0.245. The van der Waals surface area contributed by atoms with Crippen molar-refractivity contribution < 1.29 is 13.9 Å². The molecule has 3 fully saturated rings. The molecule has 3 aromatic heterocycles. The van der Waals surface area contributed by atoms with Gasteiger partial charge in [0, 0.05) is 32.1 Å². The summed E-state index contributed by atoms with van der Waals surface area (Å²) >= 11 is 0. The van der Waals surface area contributed by atoms with Gasteiger partial charge in [-0.15, -0.1) is 0 Å². The summed E-state index contributed by atoms with van der Waals surface area (Å²) in [7, 11) is 0. The van der Waals surface area contributed by atoms with E-state index in [9.17, 15) is 4.39 Å². The lowest BCUT2D eigenvalue weighted by Gasteiger charge is -2.38. The molecule has 0 bridgehead atoms. The zero-order valence-electron chi connectivity index (χ0n) is 20.0. The van der Waals surface area contributed by atoms with Crippen LogP contribution in [0.4, 0.5) is 10.3 Å². The second kappa shape index (κ2) is 8.49. The highest BCUT2D eigenvalue weighted by Gasteiger charge is 2.38. The number of benzene rings is 1. The van der Waals surface area contributed by atoms with Gasteiger partial charge < -0.3 is 14.4 Å². The van der Waals surface area contributed by atoms with Crippen LogP contribution in [0, 0.1) is 29.0 Å². The number of aromatic nitrogens is 5. The summed E-state index contributed by atoms with van der Waals surface area (Å²) in [6.07, 6.45) is 9.32. The van der Waals surface area contributed by atoms with E-state index < -0.39 is 5.82 Å². The predicted octanol–water partition coefficient (Wildman–Crippen LogP) is 3.94. The molecule has 1 aromatic carbocycles. The van der Waals surface area contributed by atoms with Crippen molar-refractivity contribution in [1.29, 1.82) is 0 Å². The van der Waals surface area contributed by atoms with Crippen molar-refractivity contribution in [1.82, 2.24) is 24.6 Å². The molecular weight excluding hydrogens is 459 g/mol. The molecule has 5 heterocycles. The average Bonchev–Trinajstić information content (AvgIpc) is 3.24. The third kappa shape index (κ3) is 3.77. The minimum atomic E-state index is -0.438. The van der Waals surface area contributed by atoms with Crippen molar-refractivity contribution in [2.24, 2.45) is 11.3 Å². The van der Waals surface area contributed by atoms with Gasteiger partial charge in [0.05, 0.1) is 24.2 Å². The third-order valence-corrected chi connectivity index (χ3v) is 7.78. The van der Waals surface area contributed by atoms with E-state index in [-0.39, 0.29) is 11.3 Å². The summed E-state index contributed by atoms with van der Waals surface area (Å²) in [5.74, 6) is 7.18. The monoisotopic (exact) mass is 486 g/mol. The van der Waals surface area contributed by atoms with E-state index in [2.05, 4.69) is 31.9 Å². The first-order chi connectivity index (χ1) is 17.7. The zero-order chi connectivity index (χ0) is 24.1. The van der Waals surface area contributed by atoms with Gasteiger partial charge in [0.2, 0.25) is 5.95 Å². The Labute approximate surface area is 207 Å². The number of aromatic amines is 1. The lowest BCUT2D eigenvalue weighted by atomic mass is 9.78. The maximum Gasteiger partial charge on any atom is 0.213 e. The van der Waals surface area contributed by atoms with E-state index in [1.54, 1.807) is 24.4 Å². The Kier molecular flexibility index (Phi) is 5.10. The SMILES string of the molecule is Fc1c(C#Cc2n[nH]c3nc(N4CCC5(CCOC5)CC4)n4ccnc4c23)cccc1OCC1CC1. The van der Waals surface area contributed by atoms with Crippen LogP contribution >= 0.6 is 0 Å². The van der Waals surface area contributed by atoms with Gasteiger partial charge in [0.15, 0.2) is 22.9 Å². The quantitative estimate of drug-likeness (QED) is 0.440. The summed E-state index contributed by atoms with van der Waals surface area (Å²) in [4.78, 5) is 11.8. The molecule has 1 saturated carbocycles. The first-order valence-corrected chi connectivity index (χ1v) is 12.7. The van der Waals surface area contributed by atoms with Crippen LogP contribution in [0.25, 0.3) is 16.7 Å². The Morgan fingerprint density at radius 3 is 2.89 bits per heavy atom. The van der Waals surface area contributed by atoms with E-state index in [0.717, 1.165) is 75.4 Å². The molecule has 0 atom stereocenters. The van der Waals surface area contributed by atoms with E-state index >= 15 is 0 Å². The van der Waals surface area contributed by atoms with Crippen molar-refractivity contribution in [2.75, 3.05) is 37.8 Å². The van der Waals surface area contributed by atoms with Gasteiger partial charge in [-0.3, -0.25) is 9.50 Å². The summed E-state index contributed by atoms with van der Waals surface area (Å²) in [5.41, 5.74) is 2.45. The molecule has 2 aliphatic heterocycles. The summed E-state index contributed by atoms with van der Waals surface area (Å²) in [5, 5.41) is 8.15. The fraction of sp³-hybridized carbons (Fsp3) is 0.444. The third-order valence-electron chi connectivity index (χ3n) is 7.78. The van der Waals surface area contributed by atoms with E-state index in [0.29, 0.717) is 29.3 Å². The molecule has 9 heteroatoms. The largest absolute Gasteiger partial charge is 0.490 e. The van der Waals surface area contributed by atoms with Gasteiger partial charge in [-0.25, -0.2) is 9.37 Å². The second-order valence-electron chi connectivity index (χ2n) is 10.2. The van der Waals surface area contributed by atoms with Gasteiger partial charge in [-0.1, -0.05) is 12.0 Å². The number of imidazole rings is 1. The average molecular weight is 487 g/mol. The summed E-state index contributed by atoms with van der Waals surface area (Å²) in [6.45, 7) is 4.14. The van der Waals surface area contributed by atoms with Crippen LogP contribution in [0.15, 0.2) is 30.6 Å². The van der Waals surface area contributed by atoms with Crippen LogP contribution < -0.4 is 9.64 Å². The Morgan fingerprint density at radius 1 is 1.19 bits per heavy atom. The normalized spacial score (nSPS) is 19.2. The van der Waals surface area contributed by atoms with Gasteiger partial charge in [0.1, 0.15) is 5.69 Å². The molecule has 2 saturated heterocycles. The number of rotatable bonds is 4. The molecule has 184 valence electrons. The van der Waals surface area contributed by atoms with E-state index in [1.807, 2.05) is 10.6 Å². The Hall–Kier alpha value is -3.64. The van der Waals surface area contributed by atoms with Gasteiger partial charge in [-0.2, -0.15) is 10.1 Å². The van der Waals surface area contributed by atoms with Crippen LogP contribution in [0.5, 0.6) is 5.75 Å². The number of anilines is 1. The number of nitrogens with one attached hydrogen (secondary N) is 1. The molecule has 1 spiro atoms. The topological polar surface area (TPSA) is 80.6 Å². The maximum absolute atomic E-state index is 15.0. The Morgan fingerprint density at radius 2 is 2.08 bits per heavy atom. The number of hydrogen-bond acceptors (Lipinski definition) is 6. The molecule has 3 aliphatic rings. The molecule has 0 amide bonds. The second-order valence-corrected chi connectivity index (χ2v) is 10.2. The molecule has 36 heavy (non-hydrogen) atoms. The van der Waals surface area contributed by atoms with E-state index in [1.165, 1.54) is 0 Å². The highest BCUT2D eigenvalue weighted by Crippen LogP contribution is 2.40. The highest BCUT2D eigenvalue weighted by molar-refractivity contribution is 5.94. The summed E-state index contributed by atoms with van der Waals surface area (Å²) < 4.78 is 28.3. The van der Waals surface area contributed by atoms with Crippen molar-refractivity contribution >= 4 is 22.6 Å². The Bertz CT molecular complexity index is 1500. The van der Waals surface area contributed by atoms with Gasteiger partial charge in [0.25, 0.3) is 0 Å². The molecule has 1 N–H and O–H groups in total. The summed E-state index contributed by atoms with van der Waals surface area (Å²) in [6, 6.07) is 5.06. The molecule has 4 aromatic rings. The number of piperidine rings is 1. The molecule has 7 rings (SSSR count). The fourth-order valence-corrected chi connectivity index (χ4v) is 5.31. The standard InChI is InChI=1S/C27H27FN6O2/c28-23-19(2-1-3-21(23)36-16-18-4-5-18)6-7-20-22-24(32-31-20)30-26(34-14-11-29-25(22)34)33-12-8-27(9-13-33)10-15-35-17-27/h1-3,11,14,18H,4-5,8-10,12-13,15-17H2,(H,31,32). The molecule has 1 aliphatic carbocycles. The number of nitrogens with zero attached hydrogens (tertiary/aromatic N) is 5. The van der Waals surface area contributed by atoms with Crippen molar-refractivity contribution in [2.45, 2.75) is 32.1 Å². The highest BCUT2D eigenvalue weighted by atomic mass is 19.1. The maximum atomic E-state index is 15.0. The van der Waals surface area contributed by atoms with Gasteiger partial charge >= 0.3 is 0 Å².